The standard InChI is InChI=1S/C17H19ClN2O5S/c1-17-6-5-15(22)20(17)12(9-26-17)16(23)25-8-14(21)19-10-3-4-13(24-2)11(18)7-10/h3-4,7,12H,5-6,8-9H2,1-2H3,(H,19,21)/t12-,17-/m1/s1. The zero-order valence-corrected chi connectivity index (χ0v) is 16.0. The average molecular weight is 399 g/mol. The Bertz CT molecular complexity index is 759. The first kappa shape index (κ1) is 18.8. The molecule has 1 aromatic rings. The summed E-state index contributed by atoms with van der Waals surface area (Å²) in [6, 6.07) is 4.16. The molecule has 0 unspecified atom stereocenters. The van der Waals surface area contributed by atoms with E-state index < -0.39 is 24.5 Å². The number of nitrogens with one attached hydrogen (secondary N) is 1. The third kappa shape index (κ3) is 3.61. The molecule has 2 heterocycles. The number of hydrogen-bond acceptors (Lipinski definition) is 6. The maximum Gasteiger partial charge on any atom is 0.330 e. The molecule has 0 aromatic heterocycles. The van der Waals surface area contributed by atoms with Crippen LogP contribution >= 0.6 is 23.4 Å². The number of fused-ring (bicyclic) bond motifs is 1. The molecule has 1 aromatic carbocycles. The quantitative estimate of drug-likeness (QED) is 0.766. The Balaban J connectivity index is 1.54. The van der Waals surface area contributed by atoms with Crippen LogP contribution in [0.2, 0.25) is 5.02 Å². The van der Waals surface area contributed by atoms with E-state index in [0.717, 1.165) is 6.42 Å². The first-order chi connectivity index (χ1) is 12.3. The fourth-order valence-electron chi connectivity index (χ4n) is 3.17. The lowest BCUT2D eigenvalue weighted by molar-refractivity contribution is -0.155. The van der Waals surface area contributed by atoms with Crippen LogP contribution in [0, 0.1) is 0 Å². The Morgan fingerprint density at radius 1 is 1.46 bits per heavy atom. The molecule has 3 rings (SSSR count). The Morgan fingerprint density at radius 2 is 2.23 bits per heavy atom. The summed E-state index contributed by atoms with van der Waals surface area (Å²) in [4.78, 5) is 37.6. The molecule has 0 saturated carbocycles. The number of carbonyl (C=O) groups excluding carboxylic acids is 3. The number of halogens is 1. The van der Waals surface area contributed by atoms with E-state index in [1.54, 1.807) is 34.9 Å². The van der Waals surface area contributed by atoms with Crippen LogP contribution < -0.4 is 10.1 Å². The van der Waals surface area contributed by atoms with Crippen molar-refractivity contribution in [3.63, 3.8) is 0 Å². The number of ether oxygens (including phenoxy) is 2. The van der Waals surface area contributed by atoms with Gasteiger partial charge in [0.05, 0.1) is 17.0 Å². The van der Waals surface area contributed by atoms with Crippen molar-refractivity contribution in [1.82, 2.24) is 4.90 Å². The highest BCUT2D eigenvalue weighted by atomic mass is 35.5. The van der Waals surface area contributed by atoms with Gasteiger partial charge in [-0.2, -0.15) is 0 Å². The zero-order chi connectivity index (χ0) is 18.9. The lowest BCUT2D eigenvalue weighted by Gasteiger charge is -2.29. The second kappa shape index (κ2) is 7.36. The van der Waals surface area contributed by atoms with Crippen LogP contribution in [0.25, 0.3) is 0 Å². The van der Waals surface area contributed by atoms with Gasteiger partial charge in [0.1, 0.15) is 11.8 Å². The van der Waals surface area contributed by atoms with E-state index >= 15 is 0 Å². The molecule has 2 aliphatic heterocycles. The van der Waals surface area contributed by atoms with Gasteiger partial charge in [-0.15, -0.1) is 11.8 Å². The summed E-state index contributed by atoms with van der Waals surface area (Å²) in [6.07, 6.45) is 1.16. The second-order valence-electron chi connectivity index (χ2n) is 6.27. The molecule has 0 spiro atoms. The highest BCUT2D eigenvalue weighted by Crippen LogP contribution is 2.47. The van der Waals surface area contributed by atoms with E-state index in [1.807, 2.05) is 6.92 Å². The fraction of sp³-hybridized carbons (Fsp3) is 0.471. The molecule has 26 heavy (non-hydrogen) atoms. The molecular weight excluding hydrogens is 380 g/mol. The summed E-state index contributed by atoms with van der Waals surface area (Å²) in [5.41, 5.74) is 0.468. The maximum absolute atomic E-state index is 12.3. The Labute approximate surface area is 160 Å². The SMILES string of the molecule is COc1ccc(NC(=O)COC(=O)[C@H]2CS[C@]3(C)CCC(=O)N23)cc1Cl. The number of esters is 1. The third-order valence-corrected chi connectivity index (χ3v) is 6.30. The molecule has 0 radical (unpaired) electrons. The molecule has 2 fully saturated rings. The summed E-state index contributed by atoms with van der Waals surface area (Å²) >= 11 is 7.58. The summed E-state index contributed by atoms with van der Waals surface area (Å²) < 4.78 is 10.2. The maximum atomic E-state index is 12.3. The predicted molar refractivity (Wildman–Crippen MR) is 98.3 cm³/mol. The number of carbonyl (C=O) groups is 3. The average Bonchev–Trinajstić information content (AvgIpc) is 3.09. The van der Waals surface area contributed by atoms with Crippen molar-refractivity contribution in [2.24, 2.45) is 0 Å². The number of methoxy groups -OCH3 is 1. The van der Waals surface area contributed by atoms with Crippen molar-refractivity contribution in [3.8, 4) is 5.75 Å². The first-order valence-electron chi connectivity index (χ1n) is 8.10. The van der Waals surface area contributed by atoms with Gasteiger partial charge in [0.15, 0.2) is 6.61 Å². The minimum atomic E-state index is -0.636. The van der Waals surface area contributed by atoms with Crippen LogP contribution in [0.5, 0.6) is 5.75 Å². The molecule has 140 valence electrons. The van der Waals surface area contributed by atoms with Gasteiger partial charge < -0.3 is 19.7 Å². The Kier molecular flexibility index (Phi) is 5.34. The highest BCUT2D eigenvalue weighted by Gasteiger charge is 2.53. The van der Waals surface area contributed by atoms with Gasteiger partial charge in [-0.1, -0.05) is 11.6 Å². The van der Waals surface area contributed by atoms with Crippen LogP contribution in [0.3, 0.4) is 0 Å². The molecule has 0 bridgehead atoms. The number of hydrogen-bond donors (Lipinski definition) is 1. The number of thioether (sulfide) groups is 1. The van der Waals surface area contributed by atoms with Gasteiger partial charge in [-0.3, -0.25) is 9.59 Å². The predicted octanol–water partition coefficient (Wildman–Crippen LogP) is 2.28. The Hall–Kier alpha value is -1.93. The van der Waals surface area contributed by atoms with Gasteiger partial charge >= 0.3 is 5.97 Å². The van der Waals surface area contributed by atoms with E-state index in [0.29, 0.717) is 28.6 Å². The minimum absolute atomic E-state index is 0.0447. The van der Waals surface area contributed by atoms with Crippen LogP contribution in [0.15, 0.2) is 18.2 Å². The first-order valence-corrected chi connectivity index (χ1v) is 9.46. The number of benzene rings is 1. The van der Waals surface area contributed by atoms with Crippen LogP contribution in [0.4, 0.5) is 5.69 Å². The number of rotatable bonds is 5. The van der Waals surface area contributed by atoms with Gasteiger partial charge in [0, 0.05) is 17.9 Å². The molecule has 2 saturated heterocycles. The monoisotopic (exact) mass is 398 g/mol. The number of nitrogens with zero attached hydrogens (tertiary/aromatic N) is 1. The zero-order valence-electron chi connectivity index (χ0n) is 14.4. The number of anilines is 1. The van der Waals surface area contributed by atoms with Gasteiger partial charge in [-0.05, 0) is 31.5 Å². The fourth-order valence-corrected chi connectivity index (χ4v) is 4.84. The van der Waals surface area contributed by atoms with Gasteiger partial charge in [0.25, 0.3) is 5.91 Å². The van der Waals surface area contributed by atoms with Crippen LogP contribution in [-0.2, 0) is 19.1 Å². The minimum Gasteiger partial charge on any atom is -0.495 e. The van der Waals surface area contributed by atoms with Gasteiger partial charge in [0.2, 0.25) is 5.91 Å². The molecule has 2 aliphatic rings. The largest absolute Gasteiger partial charge is 0.495 e. The van der Waals surface area contributed by atoms with Crippen molar-refractivity contribution in [3.05, 3.63) is 23.2 Å². The lowest BCUT2D eigenvalue weighted by Crippen LogP contribution is -2.47. The van der Waals surface area contributed by atoms with E-state index in [2.05, 4.69) is 5.32 Å². The van der Waals surface area contributed by atoms with Crippen molar-refractivity contribution in [2.75, 3.05) is 24.8 Å². The Morgan fingerprint density at radius 3 is 2.92 bits per heavy atom. The van der Waals surface area contributed by atoms with Gasteiger partial charge in [-0.25, -0.2) is 4.79 Å². The van der Waals surface area contributed by atoms with E-state index in [1.165, 1.54) is 7.11 Å². The van der Waals surface area contributed by atoms with Crippen molar-refractivity contribution in [2.45, 2.75) is 30.7 Å². The molecule has 9 heteroatoms. The third-order valence-electron chi connectivity index (χ3n) is 4.50. The molecule has 2 atom stereocenters. The topological polar surface area (TPSA) is 84.9 Å². The van der Waals surface area contributed by atoms with Crippen molar-refractivity contribution in [1.29, 1.82) is 0 Å². The normalized spacial score (nSPS) is 24.3. The summed E-state index contributed by atoms with van der Waals surface area (Å²) in [5.74, 6) is -0.110. The summed E-state index contributed by atoms with van der Waals surface area (Å²) in [7, 11) is 1.50. The highest BCUT2D eigenvalue weighted by molar-refractivity contribution is 8.01. The second-order valence-corrected chi connectivity index (χ2v) is 8.18. The summed E-state index contributed by atoms with van der Waals surface area (Å²) in [6.45, 7) is 1.53. The van der Waals surface area contributed by atoms with E-state index in [9.17, 15) is 14.4 Å². The molecule has 7 nitrogen and oxygen atoms in total. The van der Waals surface area contributed by atoms with E-state index in [4.69, 9.17) is 21.1 Å². The lowest BCUT2D eigenvalue weighted by atomic mass is 10.2. The number of amides is 2. The molecular formula is C17H19ClN2O5S. The molecule has 2 amide bonds. The van der Waals surface area contributed by atoms with Crippen molar-refractivity contribution < 1.29 is 23.9 Å². The summed E-state index contributed by atoms with van der Waals surface area (Å²) in [5, 5.41) is 2.96. The molecule has 0 aliphatic carbocycles. The smallest absolute Gasteiger partial charge is 0.330 e. The van der Waals surface area contributed by atoms with E-state index in [-0.39, 0.29) is 10.8 Å². The van der Waals surface area contributed by atoms with Crippen LogP contribution in [0.1, 0.15) is 19.8 Å². The van der Waals surface area contributed by atoms with Crippen LogP contribution in [-0.4, -0.2) is 53.1 Å². The van der Waals surface area contributed by atoms with Crippen molar-refractivity contribution >= 4 is 46.8 Å². The molecule has 1 N–H and O–H groups in total.